The van der Waals surface area contributed by atoms with Crippen LogP contribution in [0.4, 0.5) is 0 Å². The monoisotopic (exact) mass is 253 g/mol. The second-order valence-electron chi connectivity index (χ2n) is 3.07. The standard InChI is InChI=1S/C11H12BrNO/c1-8-6-9(4-5-13-2)11(14-3)10(12)7-8/h6-7H,4-5H2,1,3H3. The summed E-state index contributed by atoms with van der Waals surface area (Å²) in [7, 11) is 1.65. The van der Waals surface area contributed by atoms with E-state index in [-0.39, 0.29) is 0 Å². The first-order valence-electron chi connectivity index (χ1n) is 4.35. The highest BCUT2D eigenvalue weighted by atomic mass is 79.9. The third-order valence-electron chi connectivity index (χ3n) is 1.96. The largest absolute Gasteiger partial charge is 0.495 e. The number of methoxy groups -OCH3 is 1. The van der Waals surface area contributed by atoms with Crippen LogP contribution in [0.3, 0.4) is 0 Å². The van der Waals surface area contributed by atoms with Crippen LogP contribution in [0.2, 0.25) is 0 Å². The SMILES string of the molecule is [C-]#[N+]CCc1cc(C)cc(Br)c1OC. The maximum atomic E-state index is 6.76. The Labute approximate surface area is 92.8 Å². The van der Waals surface area contributed by atoms with Crippen LogP contribution in [-0.2, 0) is 6.42 Å². The van der Waals surface area contributed by atoms with Crippen molar-refractivity contribution in [2.75, 3.05) is 13.7 Å². The number of benzene rings is 1. The molecule has 1 rings (SSSR count). The minimum Gasteiger partial charge on any atom is -0.495 e. The number of rotatable bonds is 3. The predicted molar refractivity (Wildman–Crippen MR) is 60.6 cm³/mol. The van der Waals surface area contributed by atoms with Crippen LogP contribution in [0.5, 0.6) is 5.75 Å². The molecule has 2 nitrogen and oxygen atoms in total. The number of hydrogen-bond donors (Lipinski definition) is 0. The lowest BCUT2D eigenvalue weighted by molar-refractivity contribution is 0.407. The normalized spacial score (nSPS) is 9.57. The third kappa shape index (κ3) is 2.49. The van der Waals surface area contributed by atoms with Crippen molar-refractivity contribution in [3.63, 3.8) is 0 Å². The fourth-order valence-corrected chi connectivity index (χ4v) is 2.17. The Bertz CT molecular complexity index is 368. The van der Waals surface area contributed by atoms with Gasteiger partial charge in [-0.15, -0.1) is 0 Å². The predicted octanol–water partition coefficient (Wildman–Crippen LogP) is 3.23. The van der Waals surface area contributed by atoms with Crippen LogP contribution in [0.15, 0.2) is 16.6 Å². The summed E-state index contributed by atoms with van der Waals surface area (Å²) in [4.78, 5) is 3.34. The van der Waals surface area contributed by atoms with Crippen molar-refractivity contribution in [1.82, 2.24) is 0 Å². The highest BCUT2D eigenvalue weighted by molar-refractivity contribution is 9.10. The molecule has 14 heavy (non-hydrogen) atoms. The molecule has 1 aromatic rings. The Kier molecular flexibility index (Phi) is 3.97. The van der Waals surface area contributed by atoms with E-state index >= 15 is 0 Å². The van der Waals surface area contributed by atoms with Crippen molar-refractivity contribution in [2.24, 2.45) is 0 Å². The van der Waals surface area contributed by atoms with E-state index in [9.17, 15) is 0 Å². The molecule has 3 heteroatoms. The smallest absolute Gasteiger partial charge is 0.218 e. The summed E-state index contributed by atoms with van der Waals surface area (Å²) in [6.45, 7) is 9.30. The summed E-state index contributed by atoms with van der Waals surface area (Å²) < 4.78 is 6.24. The van der Waals surface area contributed by atoms with E-state index in [0.29, 0.717) is 6.54 Å². The first kappa shape index (κ1) is 11.1. The molecule has 0 saturated heterocycles. The van der Waals surface area contributed by atoms with Gasteiger partial charge in [0.05, 0.1) is 11.6 Å². The van der Waals surface area contributed by atoms with E-state index in [1.165, 1.54) is 5.56 Å². The van der Waals surface area contributed by atoms with Gasteiger partial charge in [-0.25, -0.2) is 6.57 Å². The van der Waals surface area contributed by atoms with Crippen molar-refractivity contribution >= 4 is 15.9 Å². The molecule has 0 fully saturated rings. The van der Waals surface area contributed by atoms with Gasteiger partial charge in [-0.1, -0.05) is 6.07 Å². The molecule has 0 aliphatic heterocycles. The minimum atomic E-state index is 0.506. The van der Waals surface area contributed by atoms with Gasteiger partial charge >= 0.3 is 0 Å². The number of ether oxygens (including phenoxy) is 1. The molecule has 0 aliphatic rings. The van der Waals surface area contributed by atoms with Crippen LogP contribution in [0, 0.1) is 13.5 Å². The fourth-order valence-electron chi connectivity index (χ4n) is 1.39. The number of hydrogen-bond acceptors (Lipinski definition) is 1. The van der Waals surface area contributed by atoms with Crippen molar-refractivity contribution in [1.29, 1.82) is 0 Å². The summed E-state index contributed by atoms with van der Waals surface area (Å²) >= 11 is 3.45. The molecule has 0 spiro atoms. The second kappa shape index (κ2) is 5.02. The molecule has 0 saturated carbocycles. The third-order valence-corrected chi connectivity index (χ3v) is 2.55. The van der Waals surface area contributed by atoms with Crippen molar-refractivity contribution in [3.05, 3.63) is 39.1 Å². The number of aryl methyl sites for hydroxylation is 1. The van der Waals surface area contributed by atoms with Crippen molar-refractivity contribution in [3.8, 4) is 5.75 Å². The van der Waals surface area contributed by atoms with E-state index in [4.69, 9.17) is 11.3 Å². The molecule has 0 N–H and O–H groups in total. The topological polar surface area (TPSA) is 13.6 Å². The van der Waals surface area contributed by atoms with E-state index < -0.39 is 0 Å². The molecule has 0 aromatic heterocycles. The summed E-state index contributed by atoms with van der Waals surface area (Å²) in [5.74, 6) is 0.847. The maximum absolute atomic E-state index is 6.76. The van der Waals surface area contributed by atoms with Crippen molar-refractivity contribution < 1.29 is 4.74 Å². The Hall–Kier alpha value is -1.01. The molecule has 0 unspecified atom stereocenters. The molecule has 0 radical (unpaired) electrons. The average Bonchev–Trinajstić information content (AvgIpc) is 2.14. The number of halogens is 1. The van der Waals surface area contributed by atoms with Gasteiger partial charge < -0.3 is 9.58 Å². The first-order chi connectivity index (χ1) is 6.69. The van der Waals surface area contributed by atoms with Gasteiger partial charge in [0.1, 0.15) is 5.75 Å². The number of nitrogens with zero attached hydrogens (tertiary/aromatic N) is 1. The van der Waals surface area contributed by atoms with Gasteiger partial charge in [-0.3, -0.25) is 0 Å². The fraction of sp³-hybridized carbons (Fsp3) is 0.364. The van der Waals surface area contributed by atoms with Crippen LogP contribution in [0.25, 0.3) is 4.85 Å². The molecule has 1 aromatic carbocycles. The van der Waals surface area contributed by atoms with Crippen LogP contribution < -0.4 is 4.74 Å². The Morgan fingerprint density at radius 2 is 2.21 bits per heavy atom. The lowest BCUT2D eigenvalue weighted by atomic mass is 10.1. The molecular weight excluding hydrogens is 242 g/mol. The highest BCUT2D eigenvalue weighted by Gasteiger charge is 2.08. The van der Waals surface area contributed by atoms with Crippen molar-refractivity contribution in [2.45, 2.75) is 13.3 Å². The van der Waals surface area contributed by atoms with Gasteiger partial charge in [0.15, 0.2) is 0 Å². The molecule has 0 bridgehead atoms. The first-order valence-corrected chi connectivity index (χ1v) is 5.14. The molecule has 0 aliphatic carbocycles. The average molecular weight is 254 g/mol. The highest BCUT2D eigenvalue weighted by Crippen LogP contribution is 2.30. The molecular formula is C11H12BrNO. The van der Waals surface area contributed by atoms with Gasteiger partial charge in [0, 0.05) is 12.0 Å². The van der Waals surface area contributed by atoms with Crippen LogP contribution in [-0.4, -0.2) is 13.7 Å². The second-order valence-corrected chi connectivity index (χ2v) is 3.93. The van der Waals surface area contributed by atoms with E-state index in [0.717, 1.165) is 22.2 Å². The summed E-state index contributed by atoms with van der Waals surface area (Å²) in [6, 6.07) is 4.08. The Balaban J connectivity index is 3.06. The zero-order valence-electron chi connectivity index (χ0n) is 8.30. The van der Waals surface area contributed by atoms with E-state index in [1.54, 1.807) is 7.11 Å². The lowest BCUT2D eigenvalue weighted by Crippen LogP contribution is -1.96. The summed E-state index contributed by atoms with van der Waals surface area (Å²) in [5.41, 5.74) is 2.27. The molecule has 74 valence electrons. The lowest BCUT2D eigenvalue weighted by Gasteiger charge is -2.09. The molecule has 0 atom stereocenters. The van der Waals surface area contributed by atoms with Gasteiger partial charge in [-0.2, -0.15) is 0 Å². The van der Waals surface area contributed by atoms with Crippen LogP contribution >= 0.6 is 15.9 Å². The Morgan fingerprint density at radius 3 is 2.79 bits per heavy atom. The van der Waals surface area contributed by atoms with Gasteiger partial charge in [-0.05, 0) is 34.5 Å². The molecule has 0 amide bonds. The summed E-state index contributed by atoms with van der Waals surface area (Å²) in [5, 5.41) is 0. The maximum Gasteiger partial charge on any atom is 0.218 e. The van der Waals surface area contributed by atoms with Gasteiger partial charge in [0.2, 0.25) is 6.54 Å². The molecule has 0 heterocycles. The van der Waals surface area contributed by atoms with E-state index in [2.05, 4.69) is 26.8 Å². The van der Waals surface area contributed by atoms with Gasteiger partial charge in [0.25, 0.3) is 0 Å². The minimum absolute atomic E-state index is 0.506. The Morgan fingerprint density at radius 1 is 1.50 bits per heavy atom. The van der Waals surface area contributed by atoms with Crippen LogP contribution in [0.1, 0.15) is 11.1 Å². The zero-order valence-corrected chi connectivity index (χ0v) is 9.89. The quantitative estimate of drug-likeness (QED) is 0.755. The van der Waals surface area contributed by atoms with E-state index in [1.807, 2.05) is 13.0 Å². The zero-order chi connectivity index (χ0) is 10.6. The summed E-state index contributed by atoms with van der Waals surface area (Å²) in [6.07, 6.45) is 0.743.